The van der Waals surface area contributed by atoms with Crippen LogP contribution in [-0.4, -0.2) is 33.5 Å². The highest BCUT2D eigenvalue weighted by molar-refractivity contribution is 7.99. The number of hydrogen-bond acceptors (Lipinski definition) is 4. The van der Waals surface area contributed by atoms with Gasteiger partial charge in [0.2, 0.25) is 0 Å². The molecule has 2 heterocycles. The lowest BCUT2D eigenvalue weighted by Gasteiger charge is -2.21. The molecule has 1 N–H and O–H groups in total. The first-order valence-corrected chi connectivity index (χ1v) is 7.17. The van der Waals surface area contributed by atoms with Gasteiger partial charge in [0.25, 0.3) is 0 Å². The van der Waals surface area contributed by atoms with Crippen LogP contribution in [0.25, 0.3) is 0 Å². The van der Waals surface area contributed by atoms with Crippen LogP contribution >= 0.6 is 11.8 Å². The van der Waals surface area contributed by atoms with Crippen molar-refractivity contribution < 1.29 is 9.84 Å². The Labute approximate surface area is 106 Å². The first-order valence-electron chi connectivity index (χ1n) is 6.02. The summed E-state index contributed by atoms with van der Waals surface area (Å²) in [6, 6.07) is 0.234. The molecule has 17 heavy (non-hydrogen) atoms. The van der Waals surface area contributed by atoms with Crippen LogP contribution in [-0.2, 0) is 0 Å². The third-order valence-corrected chi connectivity index (χ3v) is 4.39. The zero-order valence-electron chi connectivity index (χ0n) is 10.6. The lowest BCUT2D eigenvalue weighted by Crippen LogP contribution is -2.18. The van der Waals surface area contributed by atoms with Gasteiger partial charge in [-0.3, -0.25) is 4.68 Å². The lowest BCUT2D eigenvalue weighted by molar-refractivity contribution is 0.107. The number of aliphatic hydroxyl groups is 1. The number of ether oxygens (including phenoxy) is 1. The van der Waals surface area contributed by atoms with E-state index in [2.05, 4.69) is 18.9 Å². The van der Waals surface area contributed by atoms with Gasteiger partial charge in [0.15, 0.2) is 5.75 Å². The van der Waals surface area contributed by atoms with E-state index in [9.17, 15) is 5.11 Å². The SMILES string of the molecule is COc1cnn(C(C)C)c1C(O)C1CCSC1. The van der Waals surface area contributed by atoms with E-state index in [4.69, 9.17) is 4.74 Å². The minimum atomic E-state index is -0.468. The molecule has 0 spiro atoms. The van der Waals surface area contributed by atoms with Gasteiger partial charge in [-0.15, -0.1) is 0 Å². The molecule has 0 aliphatic carbocycles. The lowest BCUT2D eigenvalue weighted by atomic mass is 9.98. The Hall–Kier alpha value is -0.680. The highest BCUT2D eigenvalue weighted by atomic mass is 32.2. The number of nitrogens with zero attached hydrogens (tertiary/aromatic N) is 2. The number of hydrogen-bond donors (Lipinski definition) is 1. The molecule has 1 aromatic heterocycles. The molecule has 1 aliphatic rings. The molecule has 0 radical (unpaired) electrons. The highest BCUT2D eigenvalue weighted by Gasteiger charge is 2.30. The van der Waals surface area contributed by atoms with Crippen molar-refractivity contribution in [1.82, 2.24) is 9.78 Å². The molecule has 2 atom stereocenters. The maximum Gasteiger partial charge on any atom is 0.162 e. The molecule has 0 aromatic carbocycles. The van der Waals surface area contributed by atoms with Gasteiger partial charge < -0.3 is 9.84 Å². The van der Waals surface area contributed by atoms with E-state index in [1.165, 1.54) is 0 Å². The quantitative estimate of drug-likeness (QED) is 0.897. The minimum Gasteiger partial charge on any atom is -0.493 e. The van der Waals surface area contributed by atoms with Crippen LogP contribution in [0.3, 0.4) is 0 Å². The van der Waals surface area contributed by atoms with E-state index in [0.717, 1.165) is 23.6 Å². The molecule has 2 unspecified atom stereocenters. The maximum absolute atomic E-state index is 10.5. The molecule has 0 saturated carbocycles. The fourth-order valence-corrected chi connectivity index (χ4v) is 3.52. The number of aromatic nitrogens is 2. The van der Waals surface area contributed by atoms with Crippen LogP contribution in [0, 0.1) is 5.92 Å². The summed E-state index contributed by atoms with van der Waals surface area (Å²) >= 11 is 1.91. The number of thioether (sulfide) groups is 1. The van der Waals surface area contributed by atoms with Crippen molar-refractivity contribution in [3.8, 4) is 5.75 Å². The third kappa shape index (κ3) is 2.45. The second kappa shape index (κ2) is 5.31. The summed E-state index contributed by atoms with van der Waals surface area (Å²) in [5, 5.41) is 14.8. The van der Waals surface area contributed by atoms with Crippen LogP contribution in [0.4, 0.5) is 0 Å². The van der Waals surface area contributed by atoms with Crippen LogP contribution in [0.15, 0.2) is 6.20 Å². The van der Waals surface area contributed by atoms with Crippen LogP contribution in [0.5, 0.6) is 5.75 Å². The fraction of sp³-hybridized carbons (Fsp3) is 0.750. The Bertz CT molecular complexity index is 373. The molecule has 0 bridgehead atoms. The zero-order chi connectivity index (χ0) is 12.4. The second-order valence-electron chi connectivity index (χ2n) is 4.71. The summed E-state index contributed by atoms with van der Waals surface area (Å²) in [7, 11) is 1.63. The molecule has 1 aromatic rings. The van der Waals surface area contributed by atoms with Gasteiger partial charge in [-0.05, 0) is 31.8 Å². The Morgan fingerprint density at radius 2 is 2.35 bits per heavy atom. The number of methoxy groups -OCH3 is 1. The highest BCUT2D eigenvalue weighted by Crippen LogP contribution is 2.38. The van der Waals surface area contributed by atoms with E-state index >= 15 is 0 Å². The summed E-state index contributed by atoms with van der Waals surface area (Å²) in [5.74, 6) is 3.18. The average molecular weight is 256 g/mol. The number of aliphatic hydroxyl groups excluding tert-OH is 1. The monoisotopic (exact) mass is 256 g/mol. The Kier molecular flexibility index (Phi) is 3.99. The van der Waals surface area contributed by atoms with Crippen molar-refractivity contribution >= 4 is 11.8 Å². The van der Waals surface area contributed by atoms with Crippen molar-refractivity contribution in [2.75, 3.05) is 18.6 Å². The fourth-order valence-electron chi connectivity index (χ4n) is 2.23. The van der Waals surface area contributed by atoms with Gasteiger partial charge in [0.05, 0.1) is 13.3 Å². The molecule has 2 rings (SSSR count). The van der Waals surface area contributed by atoms with E-state index in [1.807, 2.05) is 16.4 Å². The third-order valence-electron chi connectivity index (χ3n) is 3.20. The average Bonchev–Trinajstić information content (AvgIpc) is 2.96. The first kappa shape index (κ1) is 12.8. The molecule has 1 aliphatic heterocycles. The summed E-state index contributed by atoms with van der Waals surface area (Å²) in [4.78, 5) is 0. The molecule has 5 heteroatoms. The molecule has 0 amide bonds. The molecule has 1 saturated heterocycles. The van der Waals surface area contributed by atoms with Crippen molar-refractivity contribution in [3.63, 3.8) is 0 Å². The van der Waals surface area contributed by atoms with Crippen LogP contribution in [0.1, 0.15) is 38.1 Å². The van der Waals surface area contributed by atoms with Crippen molar-refractivity contribution in [3.05, 3.63) is 11.9 Å². The van der Waals surface area contributed by atoms with Crippen molar-refractivity contribution in [2.24, 2.45) is 5.92 Å². The molecule has 96 valence electrons. The summed E-state index contributed by atoms with van der Waals surface area (Å²) in [6.45, 7) is 4.12. The predicted octanol–water partition coefficient (Wildman–Crippen LogP) is 2.26. The normalized spacial score (nSPS) is 22.1. The van der Waals surface area contributed by atoms with E-state index in [-0.39, 0.29) is 6.04 Å². The maximum atomic E-state index is 10.5. The van der Waals surface area contributed by atoms with Gasteiger partial charge >= 0.3 is 0 Å². The topological polar surface area (TPSA) is 47.3 Å². The van der Waals surface area contributed by atoms with Gasteiger partial charge in [0.1, 0.15) is 11.8 Å². The second-order valence-corrected chi connectivity index (χ2v) is 5.85. The van der Waals surface area contributed by atoms with Gasteiger partial charge in [-0.1, -0.05) is 0 Å². The zero-order valence-corrected chi connectivity index (χ0v) is 11.4. The Morgan fingerprint density at radius 1 is 1.59 bits per heavy atom. The molecule has 4 nitrogen and oxygen atoms in total. The van der Waals surface area contributed by atoms with Gasteiger partial charge in [-0.25, -0.2) is 0 Å². The molecular formula is C12H20N2O2S. The molecular weight excluding hydrogens is 236 g/mol. The van der Waals surface area contributed by atoms with Crippen molar-refractivity contribution in [1.29, 1.82) is 0 Å². The number of rotatable bonds is 4. The Morgan fingerprint density at radius 3 is 2.88 bits per heavy atom. The largest absolute Gasteiger partial charge is 0.493 e. The molecule has 1 fully saturated rings. The summed E-state index contributed by atoms with van der Waals surface area (Å²) in [6.07, 6.45) is 2.30. The van der Waals surface area contributed by atoms with Gasteiger partial charge in [-0.2, -0.15) is 16.9 Å². The van der Waals surface area contributed by atoms with Crippen LogP contribution in [0.2, 0.25) is 0 Å². The smallest absolute Gasteiger partial charge is 0.162 e. The summed E-state index contributed by atoms with van der Waals surface area (Å²) in [5.41, 5.74) is 0.829. The van der Waals surface area contributed by atoms with E-state index in [0.29, 0.717) is 11.7 Å². The van der Waals surface area contributed by atoms with Gasteiger partial charge in [0, 0.05) is 12.0 Å². The first-order chi connectivity index (χ1) is 8.15. The van der Waals surface area contributed by atoms with E-state index < -0.39 is 6.10 Å². The predicted molar refractivity (Wildman–Crippen MR) is 69.6 cm³/mol. The summed E-state index contributed by atoms with van der Waals surface area (Å²) < 4.78 is 7.17. The van der Waals surface area contributed by atoms with Crippen LogP contribution < -0.4 is 4.74 Å². The minimum absolute atomic E-state index is 0.234. The standard InChI is InChI=1S/C12H20N2O2S/c1-8(2)14-11(10(16-3)6-13-14)12(15)9-4-5-17-7-9/h6,8-9,12,15H,4-5,7H2,1-3H3. The van der Waals surface area contributed by atoms with E-state index in [1.54, 1.807) is 13.3 Å². The Balaban J connectivity index is 2.30. The van der Waals surface area contributed by atoms with Crippen molar-refractivity contribution in [2.45, 2.75) is 32.4 Å².